The predicted octanol–water partition coefficient (Wildman–Crippen LogP) is 1.48. The van der Waals surface area contributed by atoms with Gasteiger partial charge in [-0.05, 0) is 12.1 Å². The smallest absolute Gasteiger partial charge is 0.289 e. The highest BCUT2D eigenvalue weighted by atomic mass is 16.5. The number of furan rings is 1. The third-order valence-corrected chi connectivity index (χ3v) is 2.87. The largest absolute Gasteiger partial charge is 0.451 e. The van der Waals surface area contributed by atoms with Gasteiger partial charge in [-0.2, -0.15) is 0 Å². The lowest BCUT2D eigenvalue weighted by Crippen LogP contribution is -2.41. The molecule has 0 saturated heterocycles. The topological polar surface area (TPSA) is 68.7 Å². The number of likely N-dealkylation sites (N-methyl/N-ethyl adjacent to an activating group) is 1. The number of hydrogen-bond donors (Lipinski definition) is 1. The average Bonchev–Trinajstić information content (AvgIpc) is 2.81. The van der Waals surface area contributed by atoms with Gasteiger partial charge in [-0.25, -0.2) is 0 Å². The maximum atomic E-state index is 12.2. The molecule has 5 heteroatoms. The van der Waals surface area contributed by atoms with Crippen molar-refractivity contribution in [3.05, 3.63) is 36.1 Å². The van der Waals surface area contributed by atoms with Gasteiger partial charge in [-0.15, -0.1) is 0 Å². The molecule has 0 saturated carbocycles. The third kappa shape index (κ3) is 3.13. The first-order valence-electron chi connectivity index (χ1n) is 6.10. The number of para-hydroxylation sites is 1. The van der Waals surface area contributed by atoms with Gasteiger partial charge < -0.3 is 19.8 Å². The first-order valence-corrected chi connectivity index (χ1v) is 6.10. The van der Waals surface area contributed by atoms with Crippen molar-refractivity contribution in [2.45, 2.75) is 6.04 Å². The minimum absolute atomic E-state index is 0.178. The van der Waals surface area contributed by atoms with Crippen LogP contribution in [0.2, 0.25) is 0 Å². The van der Waals surface area contributed by atoms with E-state index < -0.39 is 0 Å². The quantitative estimate of drug-likeness (QED) is 0.886. The Balaban J connectivity index is 2.10. The van der Waals surface area contributed by atoms with Crippen LogP contribution in [-0.4, -0.2) is 44.2 Å². The lowest BCUT2D eigenvalue weighted by Gasteiger charge is -2.19. The minimum atomic E-state index is -0.205. The van der Waals surface area contributed by atoms with Crippen molar-refractivity contribution in [2.75, 3.05) is 27.3 Å². The third-order valence-electron chi connectivity index (χ3n) is 2.87. The molecule has 5 nitrogen and oxygen atoms in total. The van der Waals surface area contributed by atoms with E-state index in [4.69, 9.17) is 14.9 Å². The Kier molecular flexibility index (Phi) is 4.19. The molecule has 2 aromatic rings. The fraction of sp³-hybridized carbons (Fsp3) is 0.357. The summed E-state index contributed by atoms with van der Waals surface area (Å²) in [6.45, 7) is 0.835. The molecule has 0 bridgehead atoms. The zero-order chi connectivity index (χ0) is 13.8. The standard InChI is InChI=1S/C14H18N2O3/c1-16(8-11(15)9-18-2)14(17)13-7-10-5-3-4-6-12(10)19-13/h3-7,11H,8-9,15H2,1-2H3. The summed E-state index contributed by atoms with van der Waals surface area (Å²) in [7, 11) is 3.28. The van der Waals surface area contributed by atoms with Crippen LogP contribution in [0.3, 0.4) is 0 Å². The number of methoxy groups -OCH3 is 1. The number of benzene rings is 1. The summed E-state index contributed by atoms with van der Waals surface area (Å²) in [5.74, 6) is 0.149. The van der Waals surface area contributed by atoms with Crippen LogP contribution in [0.15, 0.2) is 34.7 Å². The Morgan fingerprint density at radius 3 is 2.89 bits per heavy atom. The van der Waals surface area contributed by atoms with E-state index >= 15 is 0 Å². The molecule has 2 N–H and O–H groups in total. The molecule has 0 spiro atoms. The summed E-state index contributed by atoms with van der Waals surface area (Å²) in [5, 5.41) is 0.917. The number of rotatable bonds is 5. The number of nitrogens with zero attached hydrogens (tertiary/aromatic N) is 1. The van der Waals surface area contributed by atoms with E-state index in [0.717, 1.165) is 5.39 Å². The van der Waals surface area contributed by atoms with Crippen molar-refractivity contribution < 1.29 is 13.9 Å². The second kappa shape index (κ2) is 5.86. The van der Waals surface area contributed by atoms with Crippen molar-refractivity contribution in [3.63, 3.8) is 0 Å². The molecule has 0 aliphatic rings. The summed E-state index contributed by atoms with van der Waals surface area (Å²) >= 11 is 0. The van der Waals surface area contributed by atoms with Crippen LogP contribution >= 0.6 is 0 Å². The number of fused-ring (bicyclic) bond motifs is 1. The molecule has 0 aliphatic heterocycles. The Labute approximate surface area is 111 Å². The van der Waals surface area contributed by atoms with Crippen LogP contribution in [0.1, 0.15) is 10.6 Å². The zero-order valence-electron chi connectivity index (χ0n) is 11.1. The average molecular weight is 262 g/mol. The first-order chi connectivity index (χ1) is 9.11. The van der Waals surface area contributed by atoms with E-state index in [2.05, 4.69) is 0 Å². The fourth-order valence-electron chi connectivity index (χ4n) is 1.98. The van der Waals surface area contributed by atoms with Gasteiger partial charge in [-0.3, -0.25) is 4.79 Å². The van der Waals surface area contributed by atoms with Crippen molar-refractivity contribution >= 4 is 16.9 Å². The van der Waals surface area contributed by atoms with E-state index in [-0.39, 0.29) is 11.9 Å². The summed E-state index contributed by atoms with van der Waals surface area (Å²) in [5.41, 5.74) is 6.54. The van der Waals surface area contributed by atoms with E-state index in [9.17, 15) is 4.79 Å². The summed E-state index contributed by atoms with van der Waals surface area (Å²) in [4.78, 5) is 13.7. The maximum absolute atomic E-state index is 12.2. The Bertz CT molecular complexity index is 532. The summed E-state index contributed by atoms with van der Waals surface area (Å²) in [6.07, 6.45) is 0. The van der Waals surface area contributed by atoms with E-state index in [1.165, 1.54) is 0 Å². The second-order valence-electron chi connectivity index (χ2n) is 4.55. The van der Waals surface area contributed by atoms with Gasteiger partial charge in [0.15, 0.2) is 5.76 Å². The molecule has 2 rings (SSSR count). The predicted molar refractivity (Wildman–Crippen MR) is 73.0 cm³/mol. The maximum Gasteiger partial charge on any atom is 0.289 e. The van der Waals surface area contributed by atoms with Gasteiger partial charge in [0.05, 0.1) is 6.61 Å². The van der Waals surface area contributed by atoms with Gasteiger partial charge in [-0.1, -0.05) is 18.2 Å². The zero-order valence-corrected chi connectivity index (χ0v) is 11.1. The van der Waals surface area contributed by atoms with Crippen LogP contribution in [0.25, 0.3) is 11.0 Å². The van der Waals surface area contributed by atoms with E-state index in [1.54, 1.807) is 25.1 Å². The molecule has 1 atom stereocenters. The number of carbonyl (C=O) groups excluding carboxylic acids is 1. The molecule has 1 aromatic heterocycles. The molecule has 102 valence electrons. The van der Waals surface area contributed by atoms with Crippen LogP contribution in [0, 0.1) is 0 Å². The lowest BCUT2D eigenvalue weighted by atomic mass is 10.2. The van der Waals surface area contributed by atoms with Gasteiger partial charge in [0.1, 0.15) is 5.58 Å². The minimum Gasteiger partial charge on any atom is -0.451 e. The number of hydrogen-bond acceptors (Lipinski definition) is 4. The first kappa shape index (κ1) is 13.6. The highest BCUT2D eigenvalue weighted by Crippen LogP contribution is 2.19. The van der Waals surface area contributed by atoms with Crippen molar-refractivity contribution in [2.24, 2.45) is 5.73 Å². The fourth-order valence-corrected chi connectivity index (χ4v) is 1.98. The Morgan fingerprint density at radius 2 is 2.21 bits per heavy atom. The molecule has 0 aliphatic carbocycles. The molecule has 1 unspecified atom stereocenters. The van der Waals surface area contributed by atoms with Crippen molar-refractivity contribution in [3.8, 4) is 0 Å². The lowest BCUT2D eigenvalue weighted by molar-refractivity contribution is 0.0736. The highest BCUT2D eigenvalue weighted by molar-refractivity contribution is 5.95. The Hall–Kier alpha value is -1.85. The van der Waals surface area contributed by atoms with Gasteiger partial charge in [0, 0.05) is 32.1 Å². The Morgan fingerprint density at radius 1 is 1.47 bits per heavy atom. The number of ether oxygens (including phenoxy) is 1. The van der Waals surface area contributed by atoms with Crippen LogP contribution in [-0.2, 0) is 4.74 Å². The SMILES string of the molecule is COCC(N)CN(C)C(=O)c1cc2ccccc2o1. The molecular weight excluding hydrogens is 244 g/mol. The molecule has 19 heavy (non-hydrogen) atoms. The highest BCUT2D eigenvalue weighted by Gasteiger charge is 2.18. The number of carbonyl (C=O) groups is 1. The van der Waals surface area contributed by atoms with Crippen molar-refractivity contribution in [1.29, 1.82) is 0 Å². The molecule has 1 heterocycles. The molecule has 0 radical (unpaired) electrons. The van der Waals surface area contributed by atoms with Crippen LogP contribution in [0.5, 0.6) is 0 Å². The van der Waals surface area contributed by atoms with Crippen LogP contribution < -0.4 is 5.73 Å². The molecule has 1 amide bonds. The number of amides is 1. The van der Waals surface area contributed by atoms with Gasteiger partial charge >= 0.3 is 0 Å². The normalized spacial score (nSPS) is 12.6. The van der Waals surface area contributed by atoms with Gasteiger partial charge in [0.2, 0.25) is 0 Å². The van der Waals surface area contributed by atoms with E-state index in [0.29, 0.717) is 24.5 Å². The molecule has 1 aromatic carbocycles. The summed E-state index contributed by atoms with van der Waals surface area (Å²) in [6, 6.07) is 9.07. The second-order valence-corrected chi connectivity index (χ2v) is 4.55. The van der Waals surface area contributed by atoms with E-state index in [1.807, 2.05) is 24.3 Å². The summed E-state index contributed by atoms with van der Waals surface area (Å²) < 4.78 is 10.5. The van der Waals surface area contributed by atoms with Gasteiger partial charge in [0.25, 0.3) is 5.91 Å². The number of nitrogens with two attached hydrogens (primary N) is 1. The monoisotopic (exact) mass is 262 g/mol. The van der Waals surface area contributed by atoms with Crippen molar-refractivity contribution in [1.82, 2.24) is 4.90 Å². The molecular formula is C14H18N2O3. The van der Waals surface area contributed by atoms with Crippen LogP contribution in [0.4, 0.5) is 0 Å². The molecule has 0 fully saturated rings.